The molecule has 1 aromatic rings. The molecule has 5 nitrogen and oxygen atoms in total. The van der Waals surface area contributed by atoms with E-state index in [1.807, 2.05) is 4.72 Å². The van der Waals surface area contributed by atoms with Crippen molar-refractivity contribution in [1.29, 1.82) is 0 Å². The number of aliphatic carboxylic acids is 1. The second kappa shape index (κ2) is 4.90. The van der Waals surface area contributed by atoms with Crippen molar-refractivity contribution >= 4 is 44.9 Å². The molecule has 88 valence electrons. The maximum absolute atomic E-state index is 11.3. The van der Waals surface area contributed by atoms with E-state index >= 15 is 0 Å². The van der Waals surface area contributed by atoms with Crippen molar-refractivity contribution in [1.82, 2.24) is 0 Å². The second-order valence-electron chi connectivity index (χ2n) is 2.88. The Morgan fingerprint density at radius 1 is 1.38 bits per heavy atom. The first kappa shape index (κ1) is 13.1. The average Bonchev–Trinajstić information content (AvgIpc) is 2.07. The molecule has 0 aromatic heterocycles. The van der Waals surface area contributed by atoms with Crippen molar-refractivity contribution in [3.8, 4) is 0 Å². The van der Waals surface area contributed by atoms with Gasteiger partial charge in [0.15, 0.2) is 5.75 Å². The van der Waals surface area contributed by atoms with Gasteiger partial charge in [-0.05, 0) is 18.2 Å². The number of carboxylic acids is 1. The van der Waals surface area contributed by atoms with Crippen LogP contribution in [0.2, 0.25) is 10.0 Å². The summed E-state index contributed by atoms with van der Waals surface area (Å²) in [5.41, 5.74) is 0.0901. The van der Waals surface area contributed by atoms with Gasteiger partial charge in [-0.25, -0.2) is 8.42 Å². The number of sulfonamides is 1. The summed E-state index contributed by atoms with van der Waals surface area (Å²) in [5, 5.41) is 8.82. The molecule has 0 spiro atoms. The largest absolute Gasteiger partial charge is 0.480 e. The summed E-state index contributed by atoms with van der Waals surface area (Å²) in [7, 11) is -3.95. The van der Waals surface area contributed by atoms with Crippen molar-refractivity contribution in [3.05, 3.63) is 28.2 Å². The summed E-state index contributed by atoms with van der Waals surface area (Å²) in [6.45, 7) is 0. The quantitative estimate of drug-likeness (QED) is 0.883. The summed E-state index contributed by atoms with van der Waals surface area (Å²) in [6, 6.07) is 4.14. The highest BCUT2D eigenvalue weighted by Crippen LogP contribution is 2.26. The zero-order valence-corrected chi connectivity index (χ0v) is 10.1. The Labute approximate surface area is 102 Å². The van der Waals surface area contributed by atoms with Gasteiger partial charge in [0.2, 0.25) is 10.0 Å². The van der Waals surface area contributed by atoms with E-state index in [-0.39, 0.29) is 10.7 Å². The Morgan fingerprint density at radius 2 is 2.00 bits per heavy atom. The Balaban J connectivity index is 2.92. The van der Waals surface area contributed by atoms with Crippen LogP contribution in [-0.2, 0) is 14.8 Å². The molecular weight excluding hydrogens is 277 g/mol. The lowest BCUT2D eigenvalue weighted by molar-refractivity contribution is -0.134. The fourth-order valence-electron chi connectivity index (χ4n) is 0.938. The molecule has 0 fully saturated rings. The average molecular weight is 284 g/mol. The van der Waals surface area contributed by atoms with Gasteiger partial charge < -0.3 is 5.11 Å². The van der Waals surface area contributed by atoms with Crippen LogP contribution >= 0.6 is 23.2 Å². The summed E-state index contributed by atoms with van der Waals surface area (Å²) in [6.07, 6.45) is 0. The lowest BCUT2D eigenvalue weighted by Crippen LogP contribution is -2.22. The molecular formula is C8H7Cl2NO4S. The third kappa shape index (κ3) is 3.88. The highest BCUT2D eigenvalue weighted by molar-refractivity contribution is 7.93. The molecule has 1 aromatic carbocycles. The molecule has 0 atom stereocenters. The molecule has 0 aliphatic heterocycles. The van der Waals surface area contributed by atoms with Gasteiger partial charge in [0.1, 0.15) is 0 Å². The summed E-state index contributed by atoms with van der Waals surface area (Å²) in [4.78, 5) is 10.3. The number of halogens is 2. The van der Waals surface area contributed by atoms with E-state index in [0.717, 1.165) is 0 Å². The number of carbonyl (C=O) groups is 1. The van der Waals surface area contributed by atoms with E-state index in [1.54, 1.807) is 0 Å². The SMILES string of the molecule is O=C(O)CS(=O)(=O)Nc1ccc(Cl)cc1Cl. The van der Waals surface area contributed by atoms with Gasteiger partial charge in [-0.3, -0.25) is 9.52 Å². The van der Waals surface area contributed by atoms with E-state index in [0.29, 0.717) is 5.02 Å². The summed E-state index contributed by atoms with van der Waals surface area (Å²) < 4.78 is 24.6. The molecule has 16 heavy (non-hydrogen) atoms. The standard InChI is InChI=1S/C8H7Cl2NO4S/c9-5-1-2-7(6(10)3-5)11-16(14,15)4-8(12)13/h1-3,11H,4H2,(H,12,13). The molecule has 0 aliphatic rings. The van der Waals surface area contributed by atoms with Gasteiger partial charge in [-0.1, -0.05) is 23.2 Å². The zero-order valence-electron chi connectivity index (χ0n) is 7.78. The van der Waals surface area contributed by atoms with Crippen LogP contribution in [0.25, 0.3) is 0 Å². The third-order valence-electron chi connectivity index (χ3n) is 1.51. The fraction of sp³-hybridized carbons (Fsp3) is 0.125. The highest BCUT2D eigenvalue weighted by Gasteiger charge is 2.16. The Hall–Kier alpha value is -0.980. The number of nitrogens with one attached hydrogen (secondary N) is 1. The fourth-order valence-corrected chi connectivity index (χ4v) is 2.36. The third-order valence-corrected chi connectivity index (χ3v) is 3.22. The van der Waals surface area contributed by atoms with Crippen molar-refractivity contribution in [2.75, 3.05) is 10.5 Å². The Kier molecular flexibility index (Phi) is 4.01. The maximum atomic E-state index is 11.3. The number of hydrogen-bond donors (Lipinski definition) is 2. The van der Waals surface area contributed by atoms with Gasteiger partial charge in [0.05, 0.1) is 10.7 Å². The van der Waals surface area contributed by atoms with Crippen molar-refractivity contribution in [3.63, 3.8) is 0 Å². The maximum Gasteiger partial charge on any atom is 0.320 e. The second-order valence-corrected chi connectivity index (χ2v) is 5.44. The lowest BCUT2D eigenvalue weighted by atomic mass is 10.3. The Bertz CT molecular complexity index is 515. The molecule has 0 saturated carbocycles. The summed E-state index contributed by atoms with van der Waals surface area (Å²) in [5.74, 6) is -2.47. The lowest BCUT2D eigenvalue weighted by Gasteiger charge is -2.07. The van der Waals surface area contributed by atoms with Crippen molar-refractivity contribution in [2.45, 2.75) is 0 Å². The molecule has 0 aliphatic carbocycles. The van der Waals surface area contributed by atoms with Crippen molar-refractivity contribution in [2.24, 2.45) is 0 Å². The minimum atomic E-state index is -3.95. The highest BCUT2D eigenvalue weighted by atomic mass is 35.5. The zero-order chi connectivity index (χ0) is 12.3. The van der Waals surface area contributed by atoms with Gasteiger partial charge in [-0.2, -0.15) is 0 Å². The van der Waals surface area contributed by atoms with Crippen LogP contribution in [0.15, 0.2) is 18.2 Å². The van der Waals surface area contributed by atoms with Crippen LogP contribution in [0.3, 0.4) is 0 Å². The first-order chi connectivity index (χ1) is 7.30. The van der Waals surface area contributed by atoms with Gasteiger partial charge in [-0.15, -0.1) is 0 Å². The summed E-state index contributed by atoms with van der Waals surface area (Å²) >= 11 is 11.3. The number of carboxylic acid groups (broad SMARTS) is 1. The van der Waals surface area contributed by atoms with Crippen LogP contribution in [0, 0.1) is 0 Å². The minimum absolute atomic E-state index is 0.0901. The predicted octanol–water partition coefficient (Wildman–Crippen LogP) is 1.82. The molecule has 0 bridgehead atoms. The molecule has 1 rings (SSSR count). The number of hydrogen-bond acceptors (Lipinski definition) is 3. The van der Waals surface area contributed by atoms with E-state index in [9.17, 15) is 13.2 Å². The number of rotatable bonds is 4. The molecule has 0 heterocycles. The predicted molar refractivity (Wildman–Crippen MR) is 61.5 cm³/mol. The molecule has 8 heteroatoms. The monoisotopic (exact) mass is 283 g/mol. The molecule has 0 saturated heterocycles. The molecule has 0 amide bonds. The van der Waals surface area contributed by atoms with Crippen LogP contribution < -0.4 is 4.72 Å². The van der Waals surface area contributed by atoms with Crippen LogP contribution in [0.1, 0.15) is 0 Å². The van der Waals surface area contributed by atoms with Crippen LogP contribution in [-0.4, -0.2) is 25.2 Å². The number of benzene rings is 1. The molecule has 0 radical (unpaired) electrons. The molecule has 2 N–H and O–H groups in total. The smallest absolute Gasteiger partial charge is 0.320 e. The topological polar surface area (TPSA) is 83.5 Å². The van der Waals surface area contributed by atoms with Gasteiger partial charge >= 0.3 is 5.97 Å². The minimum Gasteiger partial charge on any atom is -0.480 e. The molecule has 0 unspecified atom stereocenters. The first-order valence-electron chi connectivity index (χ1n) is 3.97. The van der Waals surface area contributed by atoms with Gasteiger partial charge in [0.25, 0.3) is 0 Å². The Morgan fingerprint density at radius 3 is 2.50 bits per heavy atom. The van der Waals surface area contributed by atoms with E-state index in [4.69, 9.17) is 28.3 Å². The van der Waals surface area contributed by atoms with Crippen LogP contribution in [0.5, 0.6) is 0 Å². The van der Waals surface area contributed by atoms with Gasteiger partial charge in [0, 0.05) is 5.02 Å². The normalized spacial score (nSPS) is 11.1. The van der Waals surface area contributed by atoms with E-state index in [1.165, 1.54) is 18.2 Å². The van der Waals surface area contributed by atoms with Crippen molar-refractivity contribution < 1.29 is 18.3 Å². The van der Waals surface area contributed by atoms with E-state index in [2.05, 4.69) is 0 Å². The number of anilines is 1. The van der Waals surface area contributed by atoms with Crippen LogP contribution in [0.4, 0.5) is 5.69 Å². The van der Waals surface area contributed by atoms with E-state index < -0.39 is 21.7 Å². The first-order valence-corrected chi connectivity index (χ1v) is 6.38.